The van der Waals surface area contributed by atoms with Crippen LogP contribution in [0.15, 0.2) is 0 Å². The summed E-state index contributed by atoms with van der Waals surface area (Å²) in [6.07, 6.45) is 0.715. The molecule has 0 aromatic rings. The number of hydrogen-bond donors (Lipinski definition) is 3. The topological polar surface area (TPSA) is 112 Å². The van der Waals surface area contributed by atoms with Crippen LogP contribution in [0.1, 0.15) is 0 Å². The van der Waals surface area contributed by atoms with Crippen molar-refractivity contribution in [2.24, 2.45) is 0 Å². The molecule has 0 atom stereocenters. The molecule has 3 N–H and O–H groups in total. The maximum atomic E-state index is 9.33. The van der Waals surface area contributed by atoms with Crippen molar-refractivity contribution < 1.29 is 27.3 Å². The zero-order valence-corrected chi connectivity index (χ0v) is 7.13. The zero-order valence-electron chi connectivity index (χ0n) is 5.42. The molecule has 0 aliphatic rings. The third-order valence-corrected chi connectivity index (χ3v) is 0. The fourth-order valence-electron chi connectivity index (χ4n) is 0. The Morgan fingerprint density at radius 2 is 1.30 bits per heavy atom. The van der Waals surface area contributed by atoms with Crippen LogP contribution in [-0.2, 0) is 14.7 Å². The third-order valence-electron chi connectivity index (χ3n) is 0. The monoisotopic (exact) mass is 192 g/mol. The predicted molar refractivity (Wildman–Crippen MR) is 35.4 cm³/mol. The largest absolute Gasteiger partial charge is 0.325 e. The lowest BCUT2D eigenvalue weighted by molar-refractivity contribution is 0.381. The SMILES string of the molecule is CP(=O)(O)O.CS(=O)(=O)O. The van der Waals surface area contributed by atoms with Gasteiger partial charge in [0.1, 0.15) is 0 Å². The van der Waals surface area contributed by atoms with E-state index in [0.29, 0.717) is 6.26 Å². The number of rotatable bonds is 0. The molecular formula is C2H9O6PS. The molecule has 0 saturated heterocycles. The van der Waals surface area contributed by atoms with Gasteiger partial charge in [-0.25, -0.2) is 0 Å². The summed E-state index contributed by atoms with van der Waals surface area (Å²) in [6.45, 7) is 0.854. The molecule has 0 fully saturated rings. The van der Waals surface area contributed by atoms with Gasteiger partial charge in [-0.15, -0.1) is 0 Å². The lowest BCUT2D eigenvalue weighted by Crippen LogP contribution is -1.88. The van der Waals surface area contributed by atoms with Gasteiger partial charge >= 0.3 is 7.60 Å². The first kappa shape index (κ1) is 12.7. The van der Waals surface area contributed by atoms with Crippen LogP contribution in [-0.4, -0.2) is 35.7 Å². The molecule has 0 bridgehead atoms. The van der Waals surface area contributed by atoms with Crippen LogP contribution in [0.2, 0.25) is 0 Å². The second-order valence-electron chi connectivity index (χ2n) is 1.57. The zero-order chi connectivity index (χ0) is 9.00. The van der Waals surface area contributed by atoms with Gasteiger partial charge < -0.3 is 9.79 Å². The van der Waals surface area contributed by atoms with E-state index in [1.165, 1.54) is 0 Å². The van der Waals surface area contributed by atoms with Crippen LogP contribution in [0.4, 0.5) is 0 Å². The number of hydrogen-bond acceptors (Lipinski definition) is 3. The summed E-state index contributed by atoms with van der Waals surface area (Å²) >= 11 is 0. The first-order chi connectivity index (χ1) is 4.00. The highest BCUT2D eigenvalue weighted by Crippen LogP contribution is 2.26. The standard InChI is InChI=1S/CH5O3P.CH4O3S/c2*1-5(2,3)4/h1H3,(H2,2,3,4);1H3,(H,2,3,4). The van der Waals surface area contributed by atoms with E-state index in [0.717, 1.165) is 6.66 Å². The molecule has 0 aliphatic heterocycles. The molecule has 0 spiro atoms. The van der Waals surface area contributed by atoms with Gasteiger partial charge in [0.05, 0.1) is 6.26 Å². The summed E-state index contributed by atoms with van der Waals surface area (Å²) in [5.74, 6) is 0. The Morgan fingerprint density at radius 3 is 1.30 bits per heavy atom. The van der Waals surface area contributed by atoms with Crippen LogP contribution in [0, 0.1) is 0 Å². The Morgan fingerprint density at radius 1 is 1.30 bits per heavy atom. The van der Waals surface area contributed by atoms with Crippen molar-refractivity contribution in [3.63, 3.8) is 0 Å². The van der Waals surface area contributed by atoms with E-state index in [2.05, 4.69) is 0 Å². The molecule has 0 aliphatic carbocycles. The maximum Gasteiger partial charge on any atom is 0.322 e. The lowest BCUT2D eigenvalue weighted by atomic mass is 12.0. The smallest absolute Gasteiger partial charge is 0.322 e. The summed E-state index contributed by atoms with van der Waals surface area (Å²) in [5.41, 5.74) is 0. The normalized spacial score (nSPS) is 11.7. The molecule has 0 unspecified atom stereocenters. The van der Waals surface area contributed by atoms with E-state index < -0.39 is 17.7 Å². The molecule has 0 heterocycles. The quantitative estimate of drug-likeness (QED) is 0.345. The first-order valence-corrected chi connectivity index (χ1v) is 5.86. The van der Waals surface area contributed by atoms with Gasteiger partial charge in [-0.2, -0.15) is 8.42 Å². The molecule has 0 aromatic carbocycles. The minimum atomic E-state index is -3.67. The van der Waals surface area contributed by atoms with Crippen molar-refractivity contribution >= 4 is 17.7 Å². The maximum absolute atomic E-state index is 9.33. The Hall–Kier alpha value is 0.0600. The molecule has 0 radical (unpaired) electrons. The van der Waals surface area contributed by atoms with E-state index in [-0.39, 0.29) is 0 Å². The first-order valence-electron chi connectivity index (χ1n) is 1.95. The lowest BCUT2D eigenvalue weighted by Gasteiger charge is -1.84. The molecule has 64 valence electrons. The summed E-state index contributed by atoms with van der Waals surface area (Å²) in [7, 11) is -7.31. The van der Waals surface area contributed by atoms with Crippen molar-refractivity contribution in [2.45, 2.75) is 0 Å². The average molecular weight is 192 g/mol. The van der Waals surface area contributed by atoms with E-state index in [1.807, 2.05) is 0 Å². The fraction of sp³-hybridized carbons (Fsp3) is 1.00. The van der Waals surface area contributed by atoms with Gasteiger partial charge in [-0.3, -0.25) is 9.12 Å². The second kappa shape index (κ2) is 4.05. The highest BCUT2D eigenvalue weighted by atomic mass is 32.2. The van der Waals surface area contributed by atoms with E-state index in [1.54, 1.807) is 0 Å². The Balaban J connectivity index is 0. The molecule has 0 saturated carbocycles. The molecule has 0 amide bonds. The molecule has 10 heavy (non-hydrogen) atoms. The molecule has 8 heteroatoms. The van der Waals surface area contributed by atoms with Crippen LogP contribution in [0.25, 0.3) is 0 Å². The molecule has 6 nitrogen and oxygen atoms in total. The average Bonchev–Trinajstić information content (AvgIpc) is 1.12. The second-order valence-corrected chi connectivity index (χ2v) is 4.71. The third kappa shape index (κ3) is 112000. The van der Waals surface area contributed by atoms with Gasteiger partial charge in [0, 0.05) is 6.66 Å². The van der Waals surface area contributed by atoms with Crippen LogP contribution in [0.5, 0.6) is 0 Å². The Kier molecular flexibility index (Phi) is 5.14. The summed E-state index contributed by atoms with van der Waals surface area (Å²) in [5, 5.41) is 0. The van der Waals surface area contributed by atoms with Gasteiger partial charge in [0.2, 0.25) is 0 Å². The van der Waals surface area contributed by atoms with Crippen LogP contribution >= 0.6 is 7.60 Å². The van der Waals surface area contributed by atoms with Crippen molar-refractivity contribution in [2.75, 3.05) is 12.9 Å². The molecule has 0 aromatic heterocycles. The van der Waals surface area contributed by atoms with Crippen molar-refractivity contribution in [1.29, 1.82) is 0 Å². The van der Waals surface area contributed by atoms with Crippen molar-refractivity contribution in [1.82, 2.24) is 0 Å². The molecule has 0 rings (SSSR count). The van der Waals surface area contributed by atoms with Gasteiger partial charge in [0.25, 0.3) is 10.1 Å². The highest BCUT2D eigenvalue weighted by molar-refractivity contribution is 7.85. The van der Waals surface area contributed by atoms with Crippen LogP contribution in [0.3, 0.4) is 0 Å². The summed E-state index contributed by atoms with van der Waals surface area (Å²) in [4.78, 5) is 15.3. The predicted octanol–water partition coefficient (Wildman–Crippen LogP) is -0.702. The Bertz CT molecular complexity index is 194. The van der Waals surface area contributed by atoms with E-state index >= 15 is 0 Å². The van der Waals surface area contributed by atoms with Gasteiger partial charge in [-0.05, 0) is 0 Å². The minimum absolute atomic E-state index is 0.715. The van der Waals surface area contributed by atoms with Gasteiger partial charge in [-0.1, -0.05) is 0 Å². The minimum Gasteiger partial charge on any atom is -0.325 e. The van der Waals surface area contributed by atoms with E-state index in [9.17, 15) is 13.0 Å². The highest BCUT2D eigenvalue weighted by Gasteiger charge is 1.95. The van der Waals surface area contributed by atoms with Gasteiger partial charge in [0.15, 0.2) is 0 Å². The summed E-state index contributed by atoms with van der Waals surface area (Å²) < 4.78 is 35.2. The Labute approximate surface area is 58.8 Å². The summed E-state index contributed by atoms with van der Waals surface area (Å²) in [6, 6.07) is 0. The van der Waals surface area contributed by atoms with Crippen molar-refractivity contribution in [3.8, 4) is 0 Å². The van der Waals surface area contributed by atoms with E-state index in [4.69, 9.17) is 14.3 Å². The van der Waals surface area contributed by atoms with Crippen LogP contribution < -0.4 is 0 Å². The van der Waals surface area contributed by atoms with Crippen molar-refractivity contribution in [3.05, 3.63) is 0 Å². The molecular weight excluding hydrogens is 183 g/mol. The fourth-order valence-corrected chi connectivity index (χ4v) is 0.